The molecule has 74 valence electrons. The van der Waals surface area contributed by atoms with Crippen LogP contribution in [0.3, 0.4) is 0 Å². The molecule has 0 heterocycles. The lowest BCUT2D eigenvalue weighted by molar-refractivity contribution is 0.0309. The Balaban J connectivity index is 2.83. The van der Waals surface area contributed by atoms with E-state index in [9.17, 15) is 9.59 Å². The van der Waals surface area contributed by atoms with Crippen molar-refractivity contribution in [1.82, 2.24) is 5.48 Å². The highest BCUT2D eigenvalue weighted by molar-refractivity contribution is 5.92. The third-order valence-corrected chi connectivity index (χ3v) is 1.56. The van der Waals surface area contributed by atoms with Crippen molar-refractivity contribution in [3.05, 3.63) is 35.4 Å². The summed E-state index contributed by atoms with van der Waals surface area (Å²) in [6.45, 7) is 0. The van der Waals surface area contributed by atoms with E-state index in [1.54, 1.807) is 0 Å². The minimum Gasteiger partial charge on any atom is -0.478 e. The van der Waals surface area contributed by atoms with Gasteiger partial charge in [-0.1, -0.05) is 0 Å². The van der Waals surface area contributed by atoms with Crippen molar-refractivity contribution in [2.45, 2.75) is 0 Å². The Kier molecular flexibility index (Phi) is 3.19. The van der Waals surface area contributed by atoms with Crippen molar-refractivity contribution in [2.75, 3.05) is 7.05 Å². The van der Waals surface area contributed by atoms with Gasteiger partial charge in [-0.3, -0.25) is 0 Å². The zero-order chi connectivity index (χ0) is 10.6. The number of carbonyl (C=O) groups excluding carboxylic acids is 1. The quantitative estimate of drug-likeness (QED) is 0.693. The fourth-order valence-corrected chi connectivity index (χ4v) is 0.901. The lowest BCUT2D eigenvalue weighted by Gasteiger charge is -2.01. The van der Waals surface area contributed by atoms with Crippen molar-refractivity contribution in [3.8, 4) is 0 Å². The molecule has 14 heavy (non-hydrogen) atoms. The first-order chi connectivity index (χ1) is 6.65. The number of benzene rings is 1. The summed E-state index contributed by atoms with van der Waals surface area (Å²) >= 11 is 0. The van der Waals surface area contributed by atoms with Crippen LogP contribution in [0.1, 0.15) is 20.7 Å². The summed E-state index contributed by atoms with van der Waals surface area (Å²) in [6, 6.07) is 5.47. The van der Waals surface area contributed by atoms with Gasteiger partial charge in [0.15, 0.2) is 0 Å². The van der Waals surface area contributed by atoms with Crippen LogP contribution in [0.25, 0.3) is 0 Å². The molecule has 5 nitrogen and oxygen atoms in total. The number of carboxylic acids is 1. The molecule has 1 aromatic rings. The predicted molar refractivity (Wildman–Crippen MR) is 47.9 cm³/mol. The summed E-state index contributed by atoms with van der Waals surface area (Å²) in [7, 11) is 1.46. The van der Waals surface area contributed by atoms with Crippen LogP contribution in [-0.2, 0) is 4.84 Å². The summed E-state index contributed by atoms with van der Waals surface area (Å²) in [5.41, 5.74) is 2.66. The molecule has 1 aromatic carbocycles. The molecule has 0 saturated carbocycles. The maximum absolute atomic E-state index is 11.1. The smallest absolute Gasteiger partial charge is 0.356 e. The summed E-state index contributed by atoms with van der Waals surface area (Å²) < 4.78 is 0. The molecule has 0 bridgehead atoms. The van der Waals surface area contributed by atoms with Crippen molar-refractivity contribution < 1.29 is 19.5 Å². The van der Waals surface area contributed by atoms with Gasteiger partial charge in [-0.2, -0.15) is 5.48 Å². The Morgan fingerprint density at radius 1 is 1.21 bits per heavy atom. The van der Waals surface area contributed by atoms with E-state index in [-0.39, 0.29) is 5.56 Å². The van der Waals surface area contributed by atoms with Crippen LogP contribution in [0.5, 0.6) is 0 Å². The third-order valence-electron chi connectivity index (χ3n) is 1.56. The lowest BCUT2D eigenvalue weighted by atomic mass is 10.1. The molecule has 0 aliphatic rings. The van der Waals surface area contributed by atoms with Gasteiger partial charge in [0.25, 0.3) is 0 Å². The van der Waals surface area contributed by atoms with Gasteiger partial charge in [0.2, 0.25) is 0 Å². The maximum Gasteiger partial charge on any atom is 0.356 e. The number of hydrogen-bond donors (Lipinski definition) is 2. The molecule has 0 saturated heterocycles. The minimum atomic E-state index is -1.03. The molecule has 0 amide bonds. The highest BCUT2D eigenvalue weighted by atomic mass is 16.7. The molecule has 5 heteroatoms. The Bertz CT molecular complexity index is 344. The molecule has 1 rings (SSSR count). The Morgan fingerprint density at radius 3 is 2.14 bits per heavy atom. The van der Waals surface area contributed by atoms with Crippen molar-refractivity contribution in [1.29, 1.82) is 0 Å². The van der Waals surface area contributed by atoms with E-state index in [0.717, 1.165) is 0 Å². The van der Waals surface area contributed by atoms with E-state index >= 15 is 0 Å². The third kappa shape index (κ3) is 2.30. The Morgan fingerprint density at radius 2 is 1.71 bits per heavy atom. The average Bonchev–Trinajstić information content (AvgIpc) is 2.18. The first-order valence-electron chi connectivity index (χ1n) is 3.86. The number of hydrogen-bond acceptors (Lipinski definition) is 4. The van der Waals surface area contributed by atoms with Gasteiger partial charge in [0, 0.05) is 7.05 Å². The van der Waals surface area contributed by atoms with Crippen LogP contribution in [0.15, 0.2) is 24.3 Å². The molecule has 0 aromatic heterocycles. The van der Waals surface area contributed by atoms with Gasteiger partial charge in [-0.25, -0.2) is 9.59 Å². The monoisotopic (exact) mass is 195 g/mol. The molecule has 0 radical (unpaired) electrons. The second kappa shape index (κ2) is 4.38. The molecular weight excluding hydrogens is 186 g/mol. The predicted octanol–water partition coefficient (Wildman–Crippen LogP) is 0.676. The first-order valence-corrected chi connectivity index (χ1v) is 3.86. The van der Waals surface area contributed by atoms with Crippen LogP contribution in [0.2, 0.25) is 0 Å². The number of rotatable bonds is 3. The molecule has 0 aliphatic carbocycles. The number of carboxylic acid groups (broad SMARTS) is 1. The fraction of sp³-hybridized carbons (Fsp3) is 0.111. The van der Waals surface area contributed by atoms with Crippen molar-refractivity contribution >= 4 is 11.9 Å². The second-order valence-corrected chi connectivity index (χ2v) is 2.48. The molecule has 2 N–H and O–H groups in total. The van der Waals surface area contributed by atoms with Gasteiger partial charge >= 0.3 is 11.9 Å². The van der Waals surface area contributed by atoms with Gasteiger partial charge in [0.05, 0.1) is 11.1 Å². The van der Waals surface area contributed by atoms with E-state index in [1.165, 1.54) is 31.3 Å². The van der Waals surface area contributed by atoms with Gasteiger partial charge in [-0.05, 0) is 24.3 Å². The Labute approximate surface area is 80.3 Å². The highest BCUT2D eigenvalue weighted by Crippen LogP contribution is 2.05. The molecule has 0 fully saturated rings. The van der Waals surface area contributed by atoms with E-state index in [4.69, 9.17) is 5.11 Å². The van der Waals surface area contributed by atoms with Crippen LogP contribution in [0, 0.1) is 0 Å². The number of carbonyl (C=O) groups is 2. The molecule has 0 atom stereocenters. The fourth-order valence-electron chi connectivity index (χ4n) is 0.901. The van der Waals surface area contributed by atoms with Gasteiger partial charge < -0.3 is 9.94 Å². The topological polar surface area (TPSA) is 75.6 Å². The largest absolute Gasteiger partial charge is 0.478 e. The lowest BCUT2D eigenvalue weighted by Crippen LogP contribution is -2.15. The normalized spacial score (nSPS) is 9.50. The van der Waals surface area contributed by atoms with E-state index in [1.807, 2.05) is 0 Å². The summed E-state index contributed by atoms with van der Waals surface area (Å²) in [5.74, 6) is -1.58. The summed E-state index contributed by atoms with van der Waals surface area (Å²) in [4.78, 5) is 26.1. The van der Waals surface area contributed by atoms with E-state index < -0.39 is 11.9 Å². The standard InChI is InChI=1S/C9H9NO4/c1-10-14-9(13)7-4-2-6(3-5-7)8(11)12/h2-5,10H,1H3,(H,11,12). The zero-order valence-electron chi connectivity index (χ0n) is 7.48. The van der Waals surface area contributed by atoms with E-state index in [0.29, 0.717) is 5.56 Å². The zero-order valence-corrected chi connectivity index (χ0v) is 7.48. The molecule has 0 aliphatic heterocycles. The van der Waals surface area contributed by atoms with Crippen LogP contribution in [-0.4, -0.2) is 24.1 Å². The van der Waals surface area contributed by atoms with E-state index in [2.05, 4.69) is 10.3 Å². The van der Waals surface area contributed by atoms with Crippen LogP contribution >= 0.6 is 0 Å². The highest BCUT2D eigenvalue weighted by Gasteiger charge is 2.08. The number of aromatic carboxylic acids is 1. The Hall–Kier alpha value is -1.88. The second-order valence-electron chi connectivity index (χ2n) is 2.48. The summed E-state index contributed by atoms with van der Waals surface area (Å²) in [6.07, 6.45) is 0. The molecule has 0 spiro atoms. The average molecular weight is 195 g/mol. The number of hydroxylamine groups is 1. The summed E-state index contributed by atoms with van der Waals surface area (Å²) in [5, 5.41) is 8.59. The molecular formula is C9H9NO4. The minimum absolute atomic E-state index is 0.131. The SMILES string of the molecule is CNOC(=O)c1ccc(C(=O)O)cc1. The van der Waals surface area contributed by atoms with Crippen molar-refractivity contribution in [3.63, 3.8) is 0 Å². The first kappa shape index (κ1) is 10.2. The van der Waals surface area contributed by atoms with Crippen LogP contribution in [0.4, 0.5) is 0 Å². The van der Waals surface area contributed by atoms with Gasteiger partial charge in [-0.15, -0.1) is 0 Å². The number of nitrogens with one attached hydrogen (secondary N) is 1. The van der Waals surface area contributed by atoms with Gasteiger partial charge in [0.1, 0.15) is 0 Å². The van der Waals surface area contributed by atoms with Crippen molar-refractivity contribution in [2.24, 2.45) is 0 Å². The maximum atomic E-state index is 11.1. The molecule has 0 unspecified atom stereocenters. The van der Waals surface area contributed by atoms with Crippen LogP contribution < -0.4 is 5.48 Å².